The fourth-order valence-corrected chi connectivity index (χ4v) is 2.69. The van der Waals surface area contributed by atoms with E-state index in [2.05, 4.69) is 12.2 Å². The first-order chi connectivity index (χ1) is 10.0. The summed E-state index contributed by atoms with van der Waals surface area (Å²) in [5, 5.41) is 0. The van der Waals surface area contributed by atoms with Crippen molar-refractivity contribution in [1.29, 1.82) is 0 Å². The fourth-order valence-electron chi connectivity index (χ4n) is 2.69. The van der Waals surface area contributed by atoms with Crippen LogP contribution in [0.1, 0.15) is 26.7 Å². The van der Waals surface area contributed by atoms with Gasteiger partial charge >= 0.3 is 0 Å². The van der Waals surface area contributed by atoms with Crippen LogP contribution in [0.25, 0.3) is 0 Å². The van der Waals surface area contributed by atoms with Crippen LogP contribution in [-0.2, 0) is 4.74 Å². The van der Waals surface area contributed by atoms with Crippen molar-refractivity contribution in [3.05, 3.63) is 72.2 Å². The van der Waals surface area contributed by atoms with Gasteiger partial charge in [0.25, 0.3) is 0 Å². The summed E-state index contributed by atoms with van der Waals surface area (Å²) in [5.74, 6) is 0. The molecule has 2 aliphatic rings. The Hall–Kier alpha value is -2.00. The molecule has 0 heterocycles. The highest BCUT2D eigenvalue weighted by atomic mass is 16.5. The molecule has 0 saturated carbocycles. The number of rotatable bonds is 4. The highest BCUT2D eigenvalue weighted by Crippen LogP contribution is 2.36. The Bertz CT molecular complexity index is 516. The highest BCUT2D eigenvalue weighted by Gasteiger charge is 2.36. The van der Waals surface area contributed by atoms with Crippen LogP contribution in [0.5, 0.6) is 0 Å². The van der Waals surface area contributed by atoms with Crippen molar-refractivity contribution in [3.63, 3.8) is 0 Å². The maximum Gasteiger partial charge on any atom is 0.110 e. The van der Waals surface area contributed by atoms with Crippen LogP contribution < -0.4 is 11.5 Å². The van der Waals surface area contributed by atoms with Crippen LogP contribution >= 0.6 is 0 Å². The van der Waals surface area contributed by atoms with Gasteiger partial charge < -0.3 is 16.2 Å². The summed E-state index contributed by atoms with van der Waals surface area (Å²) in [6.07, 6.45) is 21.5. The second-order valence-electron chi connectivity index (χ2n) is 5.50. The maximum absolute atomic E-state index is 6.54. The molecule has 2 atom stereocenters. The second-order valence-corrected chi connectivity index (χ2v) is 5.50. The Morgan fingerprint density at radius 2 is 1.33 bits per heavy atom. The first kappa shape index (κ1) is 15.4. The van der Waals surface area contributed by atoms with Gasteiger partial charge in [0.2, 0.25) is 0 Å². The lowest BCUT2D eigenvalue weighted by atomic mass is 9.88. The quantitative estimate of drug-likeness (QED) is 0.779. The van der Waals surface area contributed by atoms with Crippen molar-refractivity contribution in [2.75, 3.05) is 0 Å². The van der Waals surface area contributed by atoms with E-state index in [-0.39, 0.29) is 0 Å². The molecule has 0 bridgehead atoms. The Balaban J connectivity index is 2.31. The average Bonchev–Trinajstić information content (AvgIpc) is 2.46. The molecule has 3 heteroatoms. The summed E-state index contributed by atoms with van der Waals surface area (Å²) in [6.45, 7) is 4.00. The van der Waals surface area contributed by atoms with Gasteiger partial charge in [-0.05, 0) is 38.2 Å². The van der Waals surface area contributed by atoms with Gasteiger partial charge in [0.15, 0.2) is 0 Å². The number of nitrogens with two attached hydrogens (primary N) is 2. The molecule has 2 unspecified atom stereocenters. The smallest absolute Gasteiger partial charge is 0.110 e. The van der Waals surface area contributed by atoms with E-state index in [9.17, 15) is 0 Å². The third-order valence-corrected chi connectivity index (χ3v) is 3.71. The molecule has 4 N–H and O–H groups in total. The first-order valence-corrected chi connectivity index (χ1v) is 7.31. The number of ether oxygens (including phenoxy) is 1. The van der Waals surface area contributed by atoms with Crippen molar-refractivity contribution in [3.8, 4) is 0 Å². The summed E-state index contributed by atoms with van der Waals surface area (Å²) in [7, 11) is 0. The van der Waals surface area contributed by atoms with Crippen LogP contribution in [0.3, 0.4) is 0 Å². The Kier molecular flexibility index (Phi) is 4.53. The molecular weight excluding hydrogens is 260 g/mol. The van der Waals surface area contributed by atoms with Crippen molar-refractivity contribution < 1.29 is 4.74 Å². The van der Waals surface area contributed by atoms with Crippen molar-refractivity contribution in [2.24, 2.45) is 11.5 Å². The zero-order chi connectivity index (χ0) is 15.3. The molecule has 21 heavy (non-hydrogen) atoms. The van der Waals surface area contributed by atoms with Gasteiger partial charge in [-0.15, -0.1) is 0 Å². The molecule has 3 nitrogen and oxygen atoms in total. The first-order valence-electron chi connectivity index (χ1n) is 7.31. The molecular formula is C18H24N2O. The van der Waals surface area contributed by atoms with Gasteiger partial charge in [0.05, 0.1) is 0 Å². The summed E-state index contributed by atoms with van der Waals surface area (Å²) in [6, 6.07) is 0. The zero-order valence-corrected chi connectivity index (χ0v) is 12.8. The molecule has 0 aromatic heterocycles. The van der Waals surface area contributed by atoms with E-state index in [0.29, 0.717) is 0 Å². The number of hydrogen-bond donors (Lipinski definition) is 2. The summed E-state index contributed by atoms with van der Waals surface area (Å²) >= 11 is 0. The molecule has 0 radical (unpaired) electrons. The van der Waals surface area contributed by atoms with Gasteiger partial charge in [-0.2, -0.15) is 0 Å². The fraction of sp³-hybridized carbons (Fsp3) is 0.333. The molecule has 0 saturated heterocycles. The summed E-state index contributed by atoms with van der Waals surface area (Å²) < 4.78 is 6.54. The average molecular weight is 284 g/mol. The Morgan fingerprint density at radius 1 is 0.905 bits per heavy atom. The van der Waals surface area contributed by atoms with Crippen LogP contribution in [0.15, 0.2) is 72.2 Å². The van der Waals surface area contributed by atoms with Crippen LogP contribution in [0, 0.1) is 0 Å². The van der Waals surface area contributed by atoms with Gasteiger partial charge in [0.1, 0.15) is 11.2 Å². The van der Waals surface area contributed by atoms with Gasteiger partial charge in [0, 0.05) is 24.2 Å². The third kappa shape index (κ3) is 3.56. The molecule has 0 spiro atoms. The minimum absolute atomic E-state index is 0.471. The van der Waals surface area contributed by atoms with Crippen LogP contribution in [0.4, 0.5) is 0 Å². The highest BCUT2D eigenvalue weighted by molar-refractivity contribution is 5.34. The largest absolute Gasteiger partial charge is 0.399 e. The van der Waals surface area contributed by atoms with Crippen molar-refractivity contribution >= 4 is 0 Å². The second kappa shape index (κ2) is 6.19. The predicted molar refractivity (Wildman–Crippen MR) is 88.2 cm³/mol. The Morgan fingerprint density at radius 3 is 1.62 bits per heavy atom. The lowest BCUT2D eigenvalue weighted by Gasteiger charge is -2.39. The minimum Gasteiger partial charge on any atom is -0.399 e. The van der Waals surface area contributed by atoms with E-state index in [0.717, 1.165) is 24.2 Å². The molecule has 0 aromatic carbocycles. The van der Waals surface area contributed by atoms with E-state index >= 15 is 0 Å². The predicted octanol–water partition coefficient (Wildman–Crippen LogP) is 3.24. The SMILES string of the molecule is CC=CC1(OC2(C=CC)C=CC(N)=CC2)C=CC(N)=CC1. The summed E-state index contributed by atoms with van der Waals surface area (Å²) in [5.41, 5.74) is 12.3. The van der Waals surface area contributed by atoms with Gasteiger partial charge in [-0.25, -0.2) is 0 Å². The lowest BCUT2D eigenvalue weighted by molar-refractivity contribution is -0.0538. The number of hydrogen-bond acceptors (Lipinski definition) is 3. The van der Waals surface area contributed by atoms with Gasteiger partial charge in [-0.3, -0.25) is 0 Å². The third-order valence-electron chi connectivity index (χ3n) is 3.71. The number of allylic oxidation sites excluding steroid dienone is 4. The molecule has 0 aromatic rings. The topological polar surface area (TPSA) is 61.3 Å². The van der Waals surface area contributed by atoms with Crippen LogP contribution in [-0.4, -0.2) is 11.2 Å². The lowest BCUT2D eigenvalue weighted by Crippen LogP contribution is -2.41. The Labute approximate surface area is 127 Å². The minimum atomic E-state index is -0.471. The summed E-state index contributed by atoms with van der Waals surface area (Å²) in [4.78, 5) is 0. The van der Waals surface area contributed by atoms with Gasteiger partial charge in [-0.1, -0.05) is 36.5 Å². The van der Waals surface area contributed by atoms with E-state index in [1.807, 2.05) is 62.5 Å². The standard InChI is InChI=1S/C18H24N2O/c1-3-9-17(11-5-15(19)6-12-17)21-18(10-4-2)13-7-16(20)8-14-18/h3-11,13H,12,14,19-20H2,1-2H3. The molecule has 2 rings (SSSR count). The van der Waals surface area contributed by atoms with Crippen LogP contribution in [0.2, 0.25) is 0 Å². The normalized spacial score (nSPS) is 32.7. The van der Waals surface area contributed by atoms with E-state index in [1.54, 1.807) is 0 Å². The molecule has 0 amide bonds. The van der Waals surface area contributed by atoms with E-state index in [1.165, 1.54) is 0 Å². The zero-order valence-electron chi connectivity index (χ0n) is 12.8. The van der Waals surface area contributed by atoms with E-state index in [4.69, 9.17) is 16.2 Å². The molecule has 0 aliphatic heterocycles. The van der Waals surface area contributed by atoms with E-state index < -0.39 is 11.2 Å². The monoisotopic (exact) mass is 284 g/mol. The maximum atomic E-state index is 6.54. The molecule has 0 fully saturated rings. The van der Waals surface area contributed by atoms with Crippen molar-refractivity contribution in [1.82, 2.24) is 0 Å². The molecule has 2 aliphatic carbocycles. The van der Waals surface area contributed by atoms with Crippen molar-refractivity contribution in [2.45, 2.75) is 37.9 Å². The molecule has 112 valence electrons.